The Labute approximate surface area is 128 Å². The SMILES string of the molecule is CCNCc1ccc(C)c(S(=O)(=O)N(C)CC2CC2C)c1. The van der Waals surface area contributed by atoms with Gasteiger partial charge in [0.1, 0.15) is 0 Å². The Hall–Kier alpha value is -0.910. The first-order valence-electron chi connectivity index (χ1n) is 7.62. The molecule has 1 aliphatic carbocycles. The molecule has 2 unspecified atom stereocenters. The van der Waals surface area contributed by atoms with Gasteiger partial charge in [-0.05, 0) is 48.9 Å². The largest absolute Gasteiger partial charge is 0.313 e. The minimum atomic E-state index is -3.39. The van der Waals surface area contributed by atoms with Crippen molar-refractivity contribution >= 4 is 10.0 Å². The molecule has 0 spiro atoms. The quantitative estimate of drug-likeness (QED) is 0.841. The van der Waals surface area contributed by atoms with E-state index in [9.17, 15) is 8.42 Å². The van der Waals surface area contributed by atoms with Gasteiger partial charge in [0.2, 0.25) is 10.0 Å². The van der Waals surface area contributed by atoms with Gasteiger partial charge in [0.25, 0.3) is 0 Å². The van der Waals surface area contributed by atoms with Crippen LogP contribution < -0.4 is 5.32 Å². The first-order chi connectivity index (χ1) is 9.86. The van der Waals surface area contributed by atoms with Crippen molar-refractivity contribution in [2.75, 3.05) is 20.1 Å². The number of hydrogen-bond acceptors (Lipinski definition) is 3. The van der Waals surface area contributed by atoms with Crippen LogP contribution in [-0.4, -0.2) is 32.9 Å². The lowest BCUT2D eigenvalue weighted by Crippen LogP contribution is -2.30. The van der Waals surface area contributed by atoms with Crippen molar-refractivity contribution in [1.82, 2.24) is 9.62 Å². The van der Waals surface area contributed by atoms with Crippen LogP contribution >= 0.6 is 0 Å². The van der Waals surface area contributed by atoms with E-state index >= 15 is 0 Å². The van der Waals surface area contributed by atoms with E-state index < -0.39 is 10.0 Å². The number of aryl methyl sites for hydroxylation is 1. The second-order valence-corrected chi connectivity index (χ2v) is 8.15. The van der Waals surface area contributed by atoms with Crippen LogP contribution in [0.2, 0.25) is 0 Å². The van der Waals surface area contributed by atoms with Gasteiger partial charge < -0.3 is 5.32 Å². The highest BCUT2D eigenvalue weighted by molar-refractivity contribution is 7.89. The van der Waals surface area contributed by atoms with E-state index in [1.165, 1.54) is 4.31 Å². The molecule has 1 aromatic carbocycles. The molecule has 21 heavy (non-hydrogen) atoms. The highest BCUT2D eigenvalue weighted by atomic mass is 32.2. The standard InChI is InChI=1S/C16H26N2O2S/c1-5-17-10-14-7-6-12(2)16(9-14)21(19,20)18(4)11-15-8-13(15)3/h6-7,9,13,15,17H,5,8,10-11H2,1-4H3. The van der Waals surface area contributed by atoms with Crippen LogP contribution in [-0.2, 0) is 16.6 Å². The van der Waals surface area contributed by atoms with Crippen molar-refractivity contribution in [3.05, 3.63) is 29.3 Å². The van der Waals surface area contributed by atoms with Crippen molar-refractivity contribution in [2.45, 2.75) is 38.6 Å². The van der Waals surface area contributed by atoms with Crippen molar-refractivity contribution in [1.29, 1.82) is 0 Å². The molecule has 0 radical (unpaired) electrons. The number of benzene rings is 1. The Morgan fingerprint density at radius 2 is 2.05 bits per heavy atom. The van der Waals surface area contributed by atoms with Gasteiger partial charge in [-0.3, -0.25) is 0 Å². The number of rotatable bonds is 7. The van der Waals surface area contributed by atoms with Gasteiger partial charge in [0.15, 0.2) is 0 Å². The third-order valence-electron chi connectivity index (χ3n) is 4.29. The molecule has 1 N–H and O–H groups in total. The molecule has 2 rings (SSSR count). The van der Waals surface area contributed by atoms with Crippen LogP contribution in [0.4, 0.5) is 0 Å². The first-order valence-corrected chi connectivity index (χ1v) is 9.06. The monoisotopic (exact) mass is 310 g/mol. The zero-order valence-corrected chi connectivity index (χ0v) is 14.2. The normalized spacial score (nSPS) is 21.8. The molecule has 0 aromatic heterocycles. The fourth-order valence-electron chi connectivity index (χ4n) is 2.55. The Kier molecular flexibility index (Phi) is 5.07. The molecular formula is C16H26N2O2S. The molecule has 1 fully saturated rings. The van der Waals surface area contributed by atoms with Crippen LogP contribution in [0.15, 0.2) is 23.1 Å². The Bertz CT molecular complexity index is 598. The minimum Gasteiger partial charge on any atom is -0.313 e. The summed E-state index contributed by atoms with van der Waals surface area (Å²) in [6, 6.07) is 5.69. The van der Waals surface area contributed by atoms with Crippen molar-refractivity contribution in [3.8, 4) is 0 Å². The summed E-state index contributed by atoms with van der Waals surface area (Å²) in [4.78, 5) is 0.439. The molecule has 0 amide bonds. The summed E-state index contributed by atoms with van der Waals surface area (Å²) in [6.45, 7) is 8.26. The lowest BCUT2D eigenvalue weighted by atomic mass is 10.1. The molecule has 118 valence electrons. The number of sulfonamides is 1. The van der Waals surface area contributed by atoms with Crippen LogP contribution in [0.25, 0.3) is 0 Å². The summed E-state index contributed by atoms with van der Waals surface area (Å²) >= 11 is 0. The van der Waals surface area contributed by atoms with Gasteiger partial charge in [-0.25, -0.2) is 12.7 Å². The summed E-state index contributed by atoms with van der Waals surface area (Å²) < 4.78 is 27.0. The zero-order valence-electron chi connectivity index (χ0n) is 13.4. The van der Waals surface area contributed by atoms with Gasteiger partial charge in [0, 0.05) is 20.1 Å². The van der Waals surface area contributed by atoms with Gasteiger partial charge in [0.05, 0.1) is 4.90 Å². The van der Waals surface area contributed by atoms with Gasteiger partial charge in [-0.2, -0.15) is 0 Å². The fourth-order valence-corrected chi connectivity index (χ4v) is 4.05. The predicted molar refractivity (Wildman–Crippen MR) is 85.6 cm³/mol. The smallest absolute Gasteiger partial charge is 0.243 e. The molecule has 0 saturated heterocycles. The summed E-state index contributed by atoms with van der Waals surface area (Å²) in [5, 5.41) is 3.23. The number of nitrogens with zero attached hydrogens (tertiary/aromatic N) is 1. The van der Waals surface area contributed by atoms with Crippen molar-refractivity contribution < 1.29 is 8.42 Å². The number of nitrogens with one attached hydrogen (secondary N) is 1. The topological polar surface area (TPSA) is 49.4 Å². The maximum absolute atomic E-state index is 12.8. The maximum Gasteiger partial charge on any atom is 0.243 e. The predicted octanol–water partition coefficient (Wildman–Crippen LogP) is 2.38. The highest BCUT2D eigenvalue weighted by Crippen LogP contribution is 2.38. The molecule has 5 heteroatoms. The summed E-state index contributed by atoms with van der Waals surface area (Å²) in [5.74, 6) is 1.18. The molecule has 1 saturated carbocycles. The third-order valence-corrected chi connectivity index (χ3v) is 6.25. The highest BCUT2D eigenvalue weighted by Gasteiger charge is 2.36. The summed E-state index contributed by atoms with van der Waals surface area (Å²) in [5.41, 5.74) is 1.82. The summed E-state index contributed by atoms with van der Waals surface area (Å²) in [6.07, 6.45) is 1.14. The van der Waals surface area contributed by atoms with E-state index in [-0.39, 0.29) is 0 Å². The van der Waals surface area contributed by atoms with Crippen LogP contribution in [0.3, 0.4) is 0 Å². The summed E-state index contributed by atoms with van der Waals surface area (Å²) in [7, 11) is -1.70. The molecular weight excluding hydrogens is 284 g/mol. The molecule has 0 aliphatic heterocycles. The first kappa shape index (κ1) is 16.5. The number of hydrogen-bond donors (Lipinski definition) is 1. The zero-order chi connectivity index (χ0) is 15.6. The molecule has 4 nitrogen and oxygen atoms in total. The lowest BCUT2D eigenvalue weighted by molar-refractivity contribution is 0.444. The van der Waals surface area contributed by atoms with Crippen molar-refractivity contribution in [2.24, 2.45) is 11.8 Å². The second kappa shape index (κ2) is 6.46. The fraction of sp³-hybridized carbons (Fsp3) is 0.625. The van der Waals surface area contributed by atoms with E-state index in [2.05, 4.69) is 12.2 Å². The van der Waals surface area contributed by atoms with Crippen LogP contribution in [0.5, 0.6) is 0 Å². The van der Waals surface area contributed by atoms with Gasteiger partial charge >= 0.3 is 0 Å². The maximum atomic E-state index is 12.8. The molecule has 0 heterocycles. The lowest BCUT2D eigenvalue weighted by Gasteiger charge is -2.19. The minimum absolute atomic E-state index is 0.439. The molecule has 1 aromatic rings. The van der Waals surface area contributed by atoms with E-state index in [4.69, 9.17) is 0 Å². The average Bonchev–Trinajstić information content (AvgIpc) is 3.12. The van der Waals surface area contributed by atoms with E-state index in [1.54, 1.807) is 13.1 Å². The van der Waals surface area contributed by atoms with E-state index in [0.717, 1.165) is 24.1 Å². The Balaban J connectivity index is 2.21. The molecule has 0 bridgehead atoms. The Morgan fingerprint density at radius 3 is 2.62 bits per heavy atom. The third kappa shape index (κ3) is 3.84. The van der Waals surface area contributed by atoms with Gasteiger partial charge in [-0.15, -0.1) is 0 Å². The van der Waals surface area contributed by atoms with Crippen LogP contribution in [0, 0.1) is 18.8 Å². The molecule has 2 atom stereocenters. The van der Waals surface area contributed by atoms with E-state index in [0.29, 0.717) is 29.8 Å². The van der Waals surface area contributed by atoms with Crippen molar-refractivity contribution in [3.63, 3.8) is 0 Å². The van der Waals surface area contributed by atoms with E-state index in [1.807, 2.05) is 26.0 Å². The van der Waals surface area contributed by atoms with Gasteiger partial charge in [-0.1, -0.05) is 26.0 Å². The second-order valence-electron chi connectivity index (χ2n) is 6.14. The van der Waals surface area contributed by atoms with Crippen LogP contribution in [0.1, 0.15) is 31.4 Å². The Morgan fingerprint density at radius 1 is 1.38 bits per heavy atom. The molecule has 1 aliphatic rings. The average molecular weight is 310 g/mol.